The molecular weight excluding hydrogens is 293 g/mol. The lowest BCUT2D eigenvalue weighted by molar-refractivity contribution is -0.0410. The van der Waals surface area contributed by atoms with Crippen molar-refractivity contribution in [3.8, 4) is 0 Å². The van der Waals surface area contributed by atoms with Crippen molar-refractivity contribution >= 4 is 27.5 Å². The number of carbonyl (C=O) groups is 1. The van der Waals surface area contributed by atoms with Crippen LogP contribution in [0.1, 0.15) is 16.9 Å². The molecule has 1 aliphatic rings. The molecule has 3 N–H and O–H groups in total. The van der Waals surface area contributed by atoms with Gasteiger partial charge < -0.3 is 15.8 Å². The first kappa shape index (κ1) is 12.3. The second kappa shape index (κ2) is 4.97. The Hall–Kier alpha value is -1.21. The Kier molecular flexibility index (Phi) is 3.58. The summed E-state index contributed by atoms with van der Waals surface area (Å²) in [4.78, 5) is 14.9. The predicted molar refractivity (Wildman–Crippen MR) is 63.3 cm³/mol. The van der Waals surface area contributed by atoms with Crippen molar-refractivity contribution < 1.29 is 13.9 Å². The molecule has 0 bridgehead atoms. The Morgan fingerprint density at radius 3 is 3.00 bits per heavy atom. The maximum atomic E-state index is 13.3. The summed E-state index contributed by atoms with van der Waals surface area (Å²) in [5, 5.41) is 2.92. The molecule has 5 nitrogen and oxygen atoms in total. The number of nitrogens with two attached hydrogens (primary N) is 1. The molecule has 0 radical (unpaired) electrons. The second-order valence-corrected chi connectivity index (χ2v) is 4.43. The van der Waals surface area contributed by atoms with Crippen molar-refractivity contribution in [1.29, 1.82) is 0 Å². The molecule has 0 unspecified atom stereocenters. The Morgan fingerprint density at radius 2 is 2.47 bits per heavy atom. The Bertz CT molecular complexity index is 451. The van der Waals surface area contributed by atoms with Crippen LogP contribution in [0.3, 0.4) is 0 Å². The predicted octanol–water partition coefficient (Wildman–Crippen LogP) is 1.28. The third-order valence-corrected chi connectivity index (χ3v) is 3.04. The molecule has 1 saturated heterocycles. The van der Waals surface area contributed by atoms with E-state index in [0.29, 0.717) is 6.54 Å². The number of carbonyl (C=O) groups excluding carboxylic acids is 1. The van der Waals surface area contributed by atoms with Crippen LogP contribution in [0.25, 0.3) is 0 Å². The van der Waals surface area contributed by atoms with E-state index in [4.69, 9.17) is 10.5 Å². The monoisotopic (exact) mass is 303 g/mol. The van der Waals surface area contributed by atoms with Crippen LogP contribution < -0.4 is 11.1 Å². The normalized spacial score (nSPS) is 18.6. The highest BCUT2D eigenvalue weighted by atomic mass is 79.9. The van der Waals surface area contributed by atoms with Crippen LogP contribution in [0.4, 0.5) is 10.1 Å². The zero-order chi connectivity index (χ0) is 12.4. The summed E-state index contributed by atoms with van der Waals surface area (Å²) in [7, 11) is 0. The summed E-state index contributed by atoms with van der Waals surface area (Å²) in [6.45, 7) is 1.24. The van der Waals surface area contributed by atoms with Crippen LogP contribution in [0.15, 0.2) is 10.7 Å². The molecule has 0 spiro atoms. The van der Waals surface area contributed by atoms with E-state index in [1.54, 1.807) is 0 Å². The highest BCUT2D eigenvalue weighted by Crippen LogP contribution is 2.21. The maximum absolute atomic E-state index is 13.3. The number of aromatic nitrogens is 1. The fourth-order valence-corrected chi connectivity index (χ4v) is 1.75. The number of primary amides is 1. The fraction of sp³-hybridized carbons (Fsp3) is 0.400. The standard InChI is InChI=1S/C10H11BrFN3O2/c11-9-6(12)3-7(8(15-9)10(13)16)14-4-5-1-2-17-5/h3,5,14H,1-2,4H2,(H2,13,16)/t5-/m1/s1. The smallest absolute Gasteiger partial charge is 0.269 e. The molecule has 7 heteroatoms. The summed E-state index contributed by atoms with van der Waals surface area (Å²) < 4.78 is 18.5. The van der Waals surface area contributed by atoms with Gasteiger partial charge in [0.15, 0.2) is 11.5 Å². The number of anilines is 1. The van der Waals surface area contributed by atoms with E-state index in [0.717, 1.165) is 13.0 Å². The summed E-state index contributed by atoms with van der Waals surface area (Å²) in [6, 6.07) is 1.19. The van der Waals surface area contributed by atoms with E-state index in [-0.39, 0.29) is 22.1 Å². The molecule has 17 heavy (non-hydrogen) atoms. The number of ether oxygens (including phenoxy) is 1. The van der Waals surface area contributed by atoms with E-state index in [9.17, 15) is 9.18 Å². The van der Waals surface area contributed by atoms with Crippen LogP contribution in [0, 0.1) is 5.82 Å². The third-order valence-electron chi connectivity index (χ3n) is 2.48. The minimum atomic E-state index is -0.706. The number of halogens is 2. The Morgan fingerprint density at radius 1 is 1.76 bits per heavy atom. The summed E-state index contributed by atoms with van der Waals surface area (Å²) in [5.41, 5.74) is 5.47. The van der Waals surface area contributed by atoms with Gasteiger partial charge in [0.25, 0.3) is 5.91 Å². The number of hydrogen-bond donors (Lipinski definition) is 2. The number of pyridine rings is 1. The van der Waals surface area contributed by atoms with Gasteiger partial charge in [-0.15, -0.1) is 0 Å². The second-order valence-electron chi connectivity index (χ2n) is 3.68. The van der Waals surface area contributed by atoms with Gasteiger partial charge in [-0.1, -0.05) is 0 Å². The highest BCUT2D eigenvalue weighted by Gasteiger charge is 2.20. The third kappa shape index (κ3) is 2.73. The largest absolute Gasteiger partial charge is 0.380 e. The molecule has 0 aromatic carbocycles. The van der Waals surface area contributed by atoms with Crippen molar-refractivity contribution in [1.82, 2.24) is 4.98 Å². The van der Waals surface area contributed by atoms with Crippen LogP contribution in [0.5, 0.6) is 0 Å². The number of nitrogens with zero attached hydrogens (tertiary/aromatic N) is 1. The van der Waals surface area contributed by atoms with Crippen molar-refractivity contribution in [2.45, 2.75) is 12.5 Å². The molecule has 1 atom stereocenters. The van der Waals surface area contributed by atoms with Crippen LogP contribution >= 0.6 is 15.9 Å². The molecule has 1 aliphatic heterocycles. The zero-order valence-corrected chi connectivity index (χ0v) is 10.5. The molecule has 1 aromatic rings. The first-order valence-electron chi connectivity index (χ1n) is 5.09. The maximum Gasteiger partial charge on any atom is 0.269 e. The van der Waals surface area contributed by atoms with E-state index in [1.165, 1.54) is 6.07 Å². The number of rotatable bonds is 4. The molecule has 2 rings (SSSR count). The number of hydrogen-bond acceptors (Lipinski definition) is 4. The van der Waals surface area contributed by atoms with Crippen LogP contribution in [0.2, 0.25) is 0 Å². The first-order chi connectivity index (χ1) is 8.08. The van der Waals surface area contributed by atoms with Crippen molar-refractivity contribution in [3.05, 3.63) is 22.2 Å². The lowest BCUT2D eigenvalue weighted by atomic mass is 10.2. The Labute approximate surface area is 106 Å². The summed E-state index contributed by atoms with van der Waals surface area (Å²) in [5.74, 6) is -1.25. The minimum absolute atomic E-state index is 0.0117. The first-order valence-corrected chi connectivity index (χ1v) is 5.88. The molecule has 1 amide bonds. The summed E-state index contributed by atoms with van der Waals surface area (Å²) in [6.07, 6.45) is 1.05. The molecule has 1 fully saturated rings. The minimum Gasteiger partial charge on any atom is -0.380 e. The van der Waals surface area contributed by atoms with Gasteiger partial charge in [-0.05, 0) is 22.4 Å². The van der Waals surface area contributed by atoms with Gasteiger partial charge in [0.2, 0.25) is 0 Å². The van der Waals surface area contributed by atoms with Gasteiger partial charge in [0.05, 0.1) is 11.8 Å². The lowest BCUT2D eigenvalue weighted by Gasteiger charge is -2.27. The van der Waals surface area contributed by atoms with Crippen LogP contribution in [-0.2, 0) is 4.74 Å². The van der Waals surface area contributed by atoms with E-state index < -0.39 is 11.7 Å². The van der Waals surface area contributed by atoms with Crippen molar-refractivity contribution in [2.75, 3.05) is 18.5 Å². The average molecular weight is 304 g/mol. The van der Waals surface area contributed by atoms with Crippen LogP contribution in [-0.4, -0.2) is 30.1 Å². The molecular formula is C10H11BrFN3O2. The van der Waals surface area contributed by atoms with Crippen molar-refractivity contribution in [2.24, 2.45) is 5.73 Å². The van der Waals surface area contributed by atoms with E-state index in [2.05, 4.69) is 26.2 Å². The van der Waals surface area contributed by atoms with E-state index in [1.807, 2.05) is 0 Å². The van der Waals surface area contributed by atoms with Gasteiger partial charge in [0, 0.05) is 19.2 Å². The zero-order valence-electron chi connectivity index (χ0n) is 8.87. The number of amides is 1. The summed E-state index contributed by atoms with van der Waals surface area (Å²) >= 11 is 2.91. The van der Waals surface area contributed by atoms with Gasteiger partial charge in [-0.3, -0.25) is 4.79 Å². The van der Waals surface area contributed by atoms with Gasteiger partial charge in [-0.2, -0.15) is 0 Å². The molecule has 92 valence electrons. The van der Waals surface area contributed by atoms with E-state index >= 15 is 0 Å². The lowest BCUT2D eigenvalue weighted by Crippen LogP contribution is -2.34. The topological polar surface area (TPSA) is 77.2 Å². The van der Waals surface area contributed by atoms with Gasteiger partial charge >= 0.3 is 0 Å². The SMILES string of the molecule is NC(=O)c1nc(Br)c(F)cc1NC[C@H]1CCO1. The molecule has 0 saturated carbocycles. The van der Waals surface area contributed by atoms with Gasteiger partial charge in [-0.25, -0.2) is 9.37 Å². The molecule has 1 aromatic heterocycles. The van der Waals surface area contributed by atoms with Gasteiger partial charge in [0.1, 0.15) is 4.60 Å². The average Bonchev–Trinajstić information content (AvgIpc) is 2.20. The molecule has 2 heterocycles. The Balaban J connectivity index is 2.17. The quantitative estimate of drug-likeness (QED) is 0.822. The van der Waals surface area contributed by atoms with Crippen molar-refractivity contribution in [3.63, 3.8) is 0 Å². The fourth-order valence-electron chi connectivity index (χ4n) is 1.46. The number of nitrogens with one attached hydrogen (secondary N) is 1. The highest BCUT2D eigenvalue weighted by molar-refractivity contribution is 9.10. The molecule has 0 aliphatic carbocycles.